The van der Waals surface area contributed by atoms with E-state index in [0.717, 1.165) is 16.7 Å². The zero-order valence-corrected chi connectivity index (χ0v) is 17.7. The highest BCUT2D eigenvalue weighted by atomic mass is 35.5. The number of hydrogen-bond donors (Lipinski definition) is 3. The van der Waals surface area contributed by atoms with Crippen molar-refractivity contribution in [2.24, 2.45) is 5.73 Å². The highest BCUT2D eigenvalue weighted by Gasteiger charge is 2.19. The van der Waals surface area contributed by atoms with Gasteiger partial charge >= 0.3 is 0 Å². The number of carbonyl (C=O) groups excluding carboxylic acids is 2. The second-order valence-corrected chi connectivity index (χ2v) is 7.22. The van der Waals surface area contributed by atoms with Gasteiger partial charge in [-0.25, -0.2) is 0 Å². The molecule has 2 rings (SSSR count). The van der Waals surface area contributed by atoms with Gasteiger partial charge in [0, 0.05) is 12.1 Å². The van der Waals surface area contributed by atoms with Crippen LogP contribution < -0.4 is 16.4 Å². The molecule has 0 saturated heterocycles. The van der Waals surface area contributed by atoms with Crippen LogP contribution in [-0.2, 0) is 4.79 Å². The largest absolute Gasteiger partial charge is 0.350 e. The van der Waals surface area contributed by atoms with Gasteiger partial charge in [-0.1, -0.05) is 61.9 Å². The SMILES string of the molecule is Cc1ccc(C(C)C)c(C(=O)NC[C@@H](NC(=O)[C@H](C)N)c2ccccc2)c1.Cl. The van der Waals surface area contributed by atoms with Crippen molar-refractivity contribution in [1.82, 2.24) is 10.6 Å². The van der Waals surface area contributed by atoms with Gasteiger partial charge in [-0.3, -0.25) is 9.59 Å². The van der Waals surface area contributed by atoms with Gasteiger partial charge in [0.2, 0.25) is 5.91 Å². The predicted molar refractivity (Wildman–Crippen MR) is 116 cm³/mol. The minimum Gasteiger partial charge on any atom is -0.350 e. The summed E-state index contributed by atoms with van der Waals surface area (Å²) < 4.78 is 0. The summed E-state index contributed by atoms with van der Waals surface area (Å²) >= 11 is 0. The summed E-state index contributed by atoms with van der Waals surface area (Å²) in [6, 6.07) is 14.5. The van der Waals surface area contributed by atoms with E-state index in [1.807, 2.05) is 55.5 Å². The van der Waals surface area contributed by atoms with Gasteiger partial charge in [0.15, 0.2) is 0 Å². The van der Waals surface area contributed by atoms with Crippen LogP contribution in [0, 0.1) is 6.92 Å². The van der Waals surface area contributed by atoms with Crippen LogP contribution >= 0.6 is 12.4 Å². The van der Waals surface area contributed by atoms with Gasteiger partial charge in [0.25, 0.3) is 5.91 Å². The smallest absolute Gasteiger partial charge is 0.251 e. The van der Waals surface area contributed by atoms with Crippen LogP contribution in [0.2, 0.25) is 0 Å². The molecule has 2 atom stereocenters. The van der Waals surface area contributed by atoms with E-state index in [1.165, 1.54) is 0 Å². The lowest BCUT2D eigenvalue weighted by Crippen LogP contribution is -2.44. The summed E-state index contributed by atoms with van der Waals surface area (Å²) in [5.41, 5.74) is 9.32. The number of nitrogens with two attached hydrogens (primary N) is 1. The molecule has 152 valence electrons. The standard InChI is InChI=1S/C22H29N3O2.ClH/c1-14(2)18-11-10-15(3)12-19(18)22(27)24-13-20(25-21(26)16(4)23)17-8-6-5-7-9-17;/h5-12,14,16,20H,13,23H2,1-4H3,(H,24,27)(H,25,26);1H/t16-,20+;/m0./s1. The van der Waals surface area contributed by atoms with Crippen LogP contribution in [0.4, 0.5) is 0 Å². The van der Waals surface area contributed by atoms with E-state index in [0.29, 0.717) is 5.56 Å². The highest BCUT2D eigenvalue weighted by Crippen LogP contribution is 2.21. The van der Waals surface area contributed by atoms with Crippen molar-refractivity contribution in [3.05, 3.63) is 70.8 Å². The van der Waals surface area contributed by atoms with Gasteiger partial charge in [-0.05, 0) is 37.0 Å². The molecule has 4 N–H and O–H groups in total. The first kappa shape index (κ1) is 23.7. The Balaban J connectivity index is 0.00000392. The predicted octanol–water partition coefficient (Wildman–Crippen LogP) is 3.47. The number of carbonyl (C=O) groups is 2. The number of halogens is 1. The molecule has 0 aromatic heterocycles. The highest BCUT2D eigenvalue weighted by molar-refractivity contribution is 5.96. The fourth-order valence-corrected chi connectivity index (χ4v) is 2.90. The van der Waals surface area contributed by atoms with Crippen molar-refractivity contribution in [1.29, 1.82) is 0 Å². The zero-order chi connectivity index (χ0) is 20.0. The zero-order valence-electron chi connectivity index (χ0n) is 16.9. The Bertz CT molecular complexity index is 792. The summed E-state index contributed by atoms with van der Waals surface area (Å²) in [6.07, 6.45) is 0. The van der Waals surface area contributed by atoms with Crippen LogP contribution in [-0.4, -0.2) is 24.4 Å². The summed E-state index contributed by atoms with van der Waals surface area (Å²) in [5.74, 6) is -0.149. The number of hydrogen-bond acceptors (Lipinski definition) is 3. The first-order valence-electron chi connectivity index (χ1n) is 9.29. The van der Waals surface area contributed by atoms with Gasteiger partial charge in [0.1, 0.15) is 0 Å². The molecule has 2 aromatic carbocycles. The van der Waals surface area contributed by atoms with Crippen LogP contribution in [0.5, 0.6) is 0 Å². The number of amides is 2. The van der Waals surface area contributed by atoms with E-state index in [9.17, 15) is 9.59 Å². The van der Waals surface area contributed by atoms with Crippen LogP contribution in [0.1, 0.15) is 59.8 Å². The topological polar surface area (TPSA) is 84.2 Å². The van der Waals surface area contributed by atoms with Crippen molar-refractivity contribution in [2.45, 2.75) is 45.7 Å². The van der Waals surface area contributed by atoms with E-state index >= 15 is 0 Å². The number of nitrogens with one attached hydrogen (secondary N) is 2. The Morgan fingerprint density at radius 1 is 1.04 bits per heavy atom. The van der Waals surface area contributed by atoms with Crippen molar-refractivity contribution in [2.75, 3.05) is 6.54 Å². The van der Waals surface area contributed by atoms with E-state index in [2.05, 4.69) is 24.5 Å². The molecule has 28 heavy (non-hydrogen) atoms. The number of aryl methyl sites for hydroxylation is 1. The van der Waals surface area contributed by atoms with Crippen LogP contribution in [0.15, 0.2) is 48.5 Å². The maximum Gasteiger partial charge on any atom is 0.251 e. The molecular formula is C22H30ClN3O2. The summed E-state index contributed by atoms with van der Waals surface area (Å²) in [7, 11) is 0. The van der Waals surface area contributed by atoms with Gasteiger partial charge in [-0.2, -0.15) is 0 Å². The van der Waals surface area contributed by atoms with Crippen molar-refractivity contribution < 1.29 is 9.59 Å². The minimum absolute atomic E-state index is 0. The molecule has 0 heterocycles. The Labute approximate surface area is 173 Å². The molecule has 0 unspecified atom stereocenters. The Morgan fingerprint density at radius 2 is 1.68 bits per heavy atom. The van der Waals surface area contributed by atoms with E-state index in [-0.39, 0.29) is 42.7 Å². The fraction of sp³-hybridized carbons (Fsp3) is 0.364. The van der Waals surface area contributed by atoms with Gasteiger partial charge in [-0.15, -0.1) is 12.4 Å². The molecule has 0 spiro atoms. The molecule has 5 nitrogen and oxygen atoms in total. The summed E-state index contributed by atoms with van der Waals surface area (Å²) in [4.78, 5) is 24.9. The molecule has 0 radical (unpaired) electrons. The first-order chi connectivity index (χ1) is 12.8. The average molecular weight is 404 g/mol. The molecule has 0 bridgehead atoms. The Morgan fingerprint density at radius 3 is 2.25 bits per heavy atom. The monoisotopic (exact) mass is 403 g/mol. The summed E-state index contributed by atoms with van der Waals surface area (Å²) in [6.45, 7) is 8.02. The third-order valence-corrected chi connectivity index (χ3v) is 4.47. The molecule has 2 amide bonds. The van der Waals surface area contributed by atoms with Crippen LogP contribution in [0.25, 0.3) is 0 Å². The Hall–Kier alpha value is -2.37. The van der Waals surface area contributed by atoms with Gasteiger partial charge < -0.3 is 16.4 Å². The third kappa shape index (κ3) is 6.36. The molecule has 0 aliphatic heterocycles. The maximum atomic E-state index is 12.8. The quantitative estimate of drug-likeness (QED) is 0.661. The molecular weight excluding hydrogens is 374 g/mol. The Kier molecular flexibility index (Phi) is 9.16. The van der Waals surface area contributed by atoms with E-state index < -0.39 is 6.04 Å². The van der Waals surface area contributed by atoms with Crippen molar-refractivity contribution >= 4 is 24.2 Å². The fourth-order valence-electron chi connectivity index (χ4n) is 2.90. The molecule has 0 aliphatic carbocycles. The minimum atomic E-state index is -0.615. The van der Waals surface area contributed by atoms with Crippen molar-refractivity contribution in [3.63, 3.8) is 0 Å². The lowest BCUT2D eigenvalue weighted by atomic mass is 9.95. The molecule has 6 heteroatoms. The van der Waals surface area contributed by atoms with Gasteiger partial charge in [0.05, 0.1) is 12.1 Å². The van der Waals surface area contributed by atoms with E-state index in [1.54, 1.807) is 6.92 Å². The van der Waals surface area contributed by atoms with Crippen molar-refractivity contribution in [3.8, 4) is 0 Å². The first-order valence-corrected chi connectivity index (χ1v) is 9.29. The number of benzene rings is 2. The third-order valence-electron chi connectivity index (χ3n) is 4.47. The summed E-state index contributed by atoms with van der Waals surface area (Å²) in [5, 5.41) is 5.88. The molecule has 2 aromatic rings. The molecule has 0 fully saturated rings. The lowest BCUT2D eigenvalue weighted by molar-refractivity contribution is -0.122. The second kappa shape index (κ2) is 10.8. The average Bonchev–Trinajstić information content (AvgIpc) is 2.64. The molecule has 0 aliphatic rings. The number of rotatable bonds is 7. The maximum absolute atomic E-state index is 12.8. The normalized spacial score (nSPS) is 12.6. The molecule has 0 saturated carbocycles. The van der Waals surface area contributed by atoms with E-state index in [4.69, 9.17) is 5.73 Å². The van der Waals surface area contributed by atoms with Crippen LogP contribution in [0.3, 0.4) is 0 Å². The second-order valence-electron chi connectivity index (χ2n) is 7.22. The lowest BCUT2D eigenvalue weighted by Gasteiger charge is -2.22.